The number of hydrazone groups is 1. The molecule has 0 spiro atoms. The lowest BCUT2D eigenvalue weighted by Crippen LogP contribution is -1.99. The standard InChI is InChI=1S/C14H11BrCl2N2/c1-9(10-2-4-11(15)5-3-10)18-19-12-6-7-13(16)14(17)8-12/h2-8,19H,1H3/b18-9-. The van der Waals surface area contributed by atoms with E-state index in [4.69, 9.17) is 23.2 Å². The molecule has 0 aliphatic rings. The van der Waals surface area contributed by atoms with E-state index in [0.717, 1.165) is 21.4 Å². The molecule has 0 unspecified atom stereocenters. The molecule has 0 radical (unpaired) electrons. The summed E-state index contributed by atoms with van der Waals surface area (Å²) in [6.07, 6.45) is 0. The van der Waals surface area contributed by atoms with Crippen molar-refractivity contribution in [3.63, 3.8) is 0 Å². The Morgan fingerprint density at radius 1 is 1.05 bits per heavy atom. The molecule has 0 aliphatic heterocycles. The molecular weight excluding hydrogens is 347 g/mol. The van der Waals surface area contributed by atoms with Crippen LogP contribution < -0.4 is 5.43 Å². The Morgan fingerprint density at radius 2 is 1.74 bits per heavy atom. The Hall–Kier alpha value is -1.03. The molecule has 1 N–H and O–H groups in total. The van der Waals surface area contributed by atoms with E-state index in [0.29, 0.717) is 10.0 Å². The summed E-state index contributed by atoms with van der Waals surface area (Å²) in [4.78, 5) is 0. The number of anilines is 1. The van der Waals surface area contributed by atoms with Gasteiger partial charge in [0.2, 0.25) is 0 Å². The van der Waals surface area contributed by atoms with Crippen LogP contribution in [0.25, 0.3) is 0 Å². The average Bonchev–Trinajstić information content (AvgIpc) is 2.40. The summed E-state index contributed by atoms with van der Waals surface area (Å²) in [6, 6.07) is 13.3. The average molecular weight is 358 g/mol. The van der Waals surface area contributed by atoms with E-state index in [1.165, 1.54) is 0 Å². The number of rotatable bonds is 3. The summed E-state index contributed by atoms with van der Waals surface area (Å²) in [5, 5.41) is 5.35. The van der Waals surface area contributed by atoms with Crippen LogP contribution in [0.3, 0.4) is 0 Å². The van der Waals surface area contributed by atoms with Crippen molar-refractivity contribution in [2.75, 3.05) is 5.43 Å². The van der Waals surface area contributed by atoms with Crippen LogP contribution in [0.1, 0.15) is 12.5 Å². The first-order valence-corrected chi connectivity index (χ1v) is 7.12. The van der Waals surface area contributed by atoms with Crippen molar-refractivity contribution in [3.8, 4) is 0 Å². The normalized spacial score (nSPS) is 11.5. The number of halogens is 3. The topological polar surface area (TPSA) is 24.4 Å². The zero-order valence-corrected chi connectivity index (χ0v) is 13.2. The lowest BCUT2D eigenvalue weighted by Gasteiger charge is -2.05. The summed E-state index contributed by atoms with van der Waals surface area (Å²) in [7, 11) is 0. The first kappa shape index (κ1) is 14.4. The Bertz CT molecular complexity index is 609. The van der Waals surface area contributed by atoms with E-state index in [1.54, 1.807) is 12.1 Å². The van der Waals surface area contributed by atoms with Crippen LogP contribution in [0.2, 0.25) is 10.0 Å². The number of hydrogen-bond acceptors (Lipinski definition) is 2. The fraction of sp³-hybridized carbons (Fsp3) is 0.0714. The smallest absolute Gasteiger partial charge is 0.0648 e. The van der Waals surface area contributed by atoms with Crippen LogP contribution in [-0.2, 0) is 0 Å². The maximum Gasteiger partial charge on any atom is 0.0648 e. The molecule has 2 aromatic carbocycles. The molecule has 0 saturated carbocycles. The fourth-order valence-electron chi connectivity index (χ4n) is 1.47. The van der Waals surface area contributed by atoms with Gasteiger partial charge < -0.3 is 0 Å². The van der Waals surface area contributed by atoms with Crippen molar-refractivity contribution in [3.05, 3.63) is 62.5 Å². The van der Waals surface area contributed by atoms with Crippen molar-refractivity contribution in [2.24, 2.45) is 5.10 Å². The van der Waals surface area contributed by atoms with Crippen LogP contribution >= 0.6 is 39.1 Å². The second kappa shape index (κ2) is 6.42. The van der Waals surface area contributed by atoms with Gasteiger partial charge in [0.25, 0.3) is 0 Å². The predicted molar refractivity (Wildman–Crippen MR) is 86.4 cm³/mol. The van der Waals surface area contributed by atoms with Crippen molar-refractivity contribution < 1.29 is 0 Å². The van der Waals surface area contributed by atoms with Crippen LogP contribution in [0, 0.1) is 0 Å². The number of benzene rings is 2. The van der Waals surface area contributed by atoms with Crippen molar-refractivity contribution in [1.29, 1.82) is 0 Å². The molecule has 0 fully saturated rings. The third kappa shape index (κ3) is 3.96. The van der Waals surface area contributed by atoms with Gasteiger partial charge in [0.1, 0.15) is 0 Å². The Kier molecular flexibility index (Phi) is 4.86. The minimum absolute atomic E-state index is 0.503. The van der Waals surface area contributed by atoms with Gasteiger partial charge in [0, 0.05) is 4.47 Å². The monoisotopic (exact) mass is 356 g/mol. The molecule has 5 heteroatoms. The van der Waals surface area contributed by atoms with Gasteiger partial charge in [-0.05, 0) is 42.8 Å². The lowest BCUT2D eigenvalue weighted by molar-refractivity contribution is 1.32. The first-order chi connectivity index (χ1) is 9.06. The third-order valence-corrected chi connectivity index (χ3v) is 3.80. The second-order valence-corrected chi connectivity index (χ2v) is 5.67. The molecule has 19 heavy (non-hydrogen) atoms. The highest BCUT2D eigenvalue weighted by Gasteiger charge is 2.00. The Balaban J connectivity index is 2.13. The minimum atomic E-state index is 0.503. The van der Waals surface area contributed by atoms with Crippen LogP contribution in [0.5, 0.6) is 0 Å². The molecular formula is C14H11BrCl2N2. The van der Waals surface area contributed by atoms with E-state index >= 15 is 0 Å². The Labute approximate surface area is 130 Å². The molecule has 0 saturated heterocycles. The largest absolute Gasteiger partial charge is 0.278 e. The zero-order chi connectivity index (χ0) is 13.8. The van der Waals surface area contributed by atoms with Crippen LogP contribution in [-0.4, -0.2) is 5.71 Å². The van der Waals surface area contributed by atoms with E-state index < -0.39 is 0 Å². The molecule has 0 bridgehead atoms. The molecule has 0 atom stereocenters. The quantitative estimate of drug-likeness (QED) is 0.561. The fourth-order valence-corrected chi connectivity index (χ4v) is 2.03. The first-order valence-electron chi connectivity index (χ1n) is 5.57. The van der Waals surface area contributed by atoms with Crippen LogP contribution in [0.15, 0.2) is 52.0 Å². The number of nitrogens with one attached hydrogen (secondary N) is 1. The van der Waals surface area contributed by atoms with Gasteiger partial charge in [-0.1, -0.05) is 51.3 Å². The third-order valence-electron chi connectivity index (χ3n) is 2.53. The molecule has 0 amide bonds. The summed E-state index contributed by atoms with van der Waals surface area (Å²) in [5.74, 6) is 0. The molecule has 2 rings (SSSR count). The summed E-state index contributed by atoms with van der Waals surface area (Å²) < 4.78 is 1.04. The molecule has 98 valence electrons. The molecule has 0 heterocycles. The van der Waals surface area contributed by atoms with E-state index in [1.807, 2.05) is 37.3 Å². The minimum Gasteiger partial charge on any atom is -0.278 e. The summed E-state index contributed by atoms with van der Waals surface area (Å²) >= 11 is 15.2. The van der Waals surface area contributed by atoms with Crippen molar-refractivity contribution >= 4 is 50.5 Å². The van der Waals surface area contributed by atoms with E-state index in [2.05, 4.69) is 26.5 Å². The molecule has 0 aliphatic carbocycles. The lowest BCUT2D eigenvalue weighted by atomic mass is 10.1. The van der Waals surface area contributed by atoms with Gasteiger partial charge in [-0.2, -0.15) is 5.10 Å². The van der Waals surface area contributed by atoms with Gasteiger partial charge in [0.05, 0.1) is 21.4 Å². The summed E-state index contributed by atoms with van der Waals surface area (Å²) in [5.41, 5.74) is 5.70. The molecule has 0 aromatic heterocycles. The van der Waals surface area contributed by atoms with Crippen molar-refractivity contribution in [2.45, 2.75) is 6.92 Å². The number of nitrogens with zero attached hydrogens (tertiary/aromatic N) is 1. The van der Waals surface area contributed by atoms with E-state index in [-0.39, 0.29) is 0 Å². The molecule has 2 aromatic rings. The SMILES string of the molecule is C/C(=N/Nc1ccc(Cl)c(Cl)c1)c1ccc(Br)cc1. The highest BCUT2D eigenvalue weighted by Crippen LogP contribution is 2.25. The predicted octanol–water partition coefficient (Wildman–Crippen LogP) is 5.59. The van der Waals surface area contributed by atoms with Gasteiger partial charge >= 0.3 is 0 Å². The van der Waals surface area contributed by atoms with Crippen molar-refractivity contribution in [1.82, 2.24) is 0 Å². The maximum absolute atomic E-state index is 5.94. The maximum atomic E-state index is 5.94. The number of hydrogen-bond donors (Lipinski definition) is 1. The van der Waals surface area contributed by atoms with Crippen LogP contribution in [0.4, 0.5) is 5.69 Å². The highest BCUT2D eigenvalue weighted by molar-refractivity contribution is 9.10. The van der Waals surface area contributed by atoms with Gasteiger partial charge in [0.15, 0.2) is 0 Å². The Morgan fingerprint density at radius 3 is 2.37 bits per heavy atom. The van der Waals surface area contributed by atoms with E-state index in [9.17, 15) is 0 Å². The highest BCUT2D eigenvalue weighted by atomic mass is 79.9. The van der Waals surface area contributed by atoms with Gasteiger partial charge in [-0.25, -0.2) is 0 Å². The zero-order valence-electron chi connectivity index (χ0n) is 10.1. The summed E-state index contributed by atoms with van der Waals surface area (Å²) in [6.45, 7) is 1.94. The molecule has 2 nitrogen and oxygen atoms in total. The van der Waals surface area contributed by atoms with Gasteiger partial charge in [-0.3, -0.25) is 5.43 Å². The van der Waals surface area contributed by atoms with Gasteiger partial charge in [-0.15, -0.1) is 0 Å². The second-order valence-electron chi connectivity index (χ2n) is 3.94.